The number of rotatable bonds is 0. The Bertz CT molecular complexity index is 518. The average Bonchev–Trinajstić information content (AvgIpc) is 2.69. The average molecular weight is 214 g/mol. The number of Topliss-reactive ketones (excluding diaryl/α,β-unsaturated/α-hetero) is 1. The molecule has 0 saturated carbocycles. The maximum atomic E-state index is 11.5. The van der Waals surface area contributed by atoms with Gasteiger partial charge >= 0.3 is 5.97 Å². The molecule has 0 radical (unpaired) electrons. The molecule has 0 fully saturated rings. The third-order valence-corrected chi connectivity index (χ3v) is 2.56. The Hall–Kier alpha value is -2.08. The molecule has 3 heteroatoms. The molecule has 1 aromatic rings. The van der Waals surface area contributed by atoms with Crippen molar-refractivity contribution in [1.29, 1.82) is 0 Å². The van der Waals surface area contributed by atoms with E-state index in [0.717, 1.165) is 16.7 Å². The summed E-state index contributed by atoms with van der Waals surface area (Å²) in [7, 11) is 1.29. The van der Waals surface area contributed by atoms with E-state index in [0.29, 0.717) is 12.8 Å². The summed E-state index contributed by atoms with van der Waals surface area (Å²) in [6.07, 6.45) is 1.24. The van der Waals surface area contributed by atoms with Gasteiger partial charge in [0, 0.05) is 23.5 Å². The van der Waals surface area contributed by atoms with Gasteiger partial charge in [0.25, 0.3) is 0 Å². The highest BCUT2D eigenvalue weighted by Crippen LogP contribution is 2.24. The van der Waals surface area contributed by atoms with Gasteiger partial charge in [0.1, 0.15) is 0 Å². The number of benzene rings is 1. The molecule has 3 nitrogen and oxygen atoms in total. The van der Waals surface area contributed by atoms with Crippen molar-refractivity contribution in [3.63, 3.8) is 0 Å². The molecule has 0 bridgehead atoms. The molecule has 1 aromatic carbocycles. The highest BCUT2D eigenvalue weighted by molar-refractivity contribution is 6.01. The largest absolute Gasteiger partial charge is 0.459 e. The first-order valence-electron chi connectivity index (χ1n) is 4.97. The van der Waals surface area contributed by atoms with Crippen molar-refractivity contribution in [1.82, 2.24) is 0 Å². The third-order valence-electron chi connectivity index (χ3n) is 2.56. The summed E-state index contributed by atoms with van der Waals surface area (Å²) < 4.78 is 4.43. The minimum Gasteiger partial charge on any atom is -0.459 e. The molecule has 0 spiro atoms. The summed E-state index contributed by atoms with van der Waals surface area (Å²) in [5.74, 6) is 4.69. The first-order chi connectivity index (χ1) is 7.72. The summed E-state index contributed by atoms with van der Waals surface area (Å²) in [5, 5.41) is 0. The number of ether oxygens (including phenoxy) is 1. The Morgan fingerprint density at radius 3 is 2.94 bits per heavy atom. The zero-order valence-electron chi connectivity index (χ0n) is 8.87. The lowest BCUT2D eigenvalue weighted by Gasteiger charge is -1.99. The molecule has 0 N–H and O–H groups in total. The van der Waals surface area contributed by atoms with Crippen molar-refractivity contribution in [3.8, 4) is 11.8 Å². The predicted octanol–water partition coefficient (Wildman–Crippen LogP) is 1.34. The van der Waals surface area contributed by atoms with Crippen LogP contribution in [0.2, 0.25) is 0 Å². The van der Waals surface area contributed by atoms with Gasteiger partial charge in [0.2, 0.25) is 0 Å². The fourth-order valence-corrected chi connectivity index (χ4v) is 1.78. The van der Waals surface area contributed by atoms with Crippen LogP contribution in [0.5, 0.6) is 0 Å². The Morgan fingerprint density at radius 2 is 2.19 bits per heavy atom. The molecule has 0 heterocycles. The minimum absolute atomic E-state index is 0.150. The second-order valence-corrected chi connectivity index (χ2v) is 3.50. The lowest BCUT2D eigenvalue weighted by molar-refractivity contribution is -0.133. The third kappa shape index (κ3) is 1.82. The van der Waals surface area contributed by atoms with Crippen molar-refractivity contribution in [2.75, 3.05) is 7.11 Å². The van der Waals surface area contributed by atoms with Crippen molar-refractivity contribution in [2.45, 2.75) is 12.8 Å². The summed E-state index contributed by atoms with van der Waals surface area (Å²) in [5.41, 5.74) is 2.43. The van der Waals surface area contributed by atoms with E-state index < -0.39 is 5.97 Å². The molecule has 0 aliphatic heterocycles. The molecule has 0 saturated heterocycles. The second-order valence-electron chi connectivity index (χ2n) is 3.50. The van der Waals surface area contributed by atoms with Crippen LogP contribution in [0.1, 0.15) is 27.9 Å². The predicted molar refractivity (Wildman–Crippen MR) is 58.0 cm³/mol. The van der Waals surface area contributed by atoms with Crippen molar-refractivity contribution >= 4 is 11.8 Å². The van der Waals surface area contributed by atoms with E-state index in [-0.39, 0.29) is 5.78 Å². The highest BCUT2D eigenvalue weighted by Gasteiger charge is 2.20. The molecule has 1 aliphatic rings. The summed E-state index contributed by atoms with van der Waals surface area (Å²) in [6, 6.07) is 5.39. The molecule has 0 atom stereocenters. The van der Waals surface area contributed by atoms with Gasteiger partial charge in [0.05, 0.1) is 7.11 Å². The summed E-state index contributed by atoms with van der Waals surface area (Å²) in [4.78, 5) is 22.4. The van der Waals surface area contributed by atoms with Gasteiger partial charge in [-0.25, -0.2) is 4.79 Å². The smallest absolute Gasteiger partial charge is 0.384 e. The quantitative estimate of drug-likeness (QED) is 0.483. The van der Waals surface area contributed by atoms with E-state index >= 15 is 0 Å². The van der Waals surface area contributed by atoms with E-state index in [1.165, 1.54) is 7.11 Å². The van der Waals surface area contributed by atoms with Crippen LogP contribution in [0.4, 0.5) is 0 Å². The fourth-order valence-electron chi connectivity index (χ4n) is 1.78. The zero-order valence-corrected chi connectivity index (χ0v) is 8.87. The van der Waals surface area contributed by atoms with Crippen LogP contribution in [-0.4, -0.2) is 18.9 Å². The fraction of sp³-hybridized carbons (Fsp3) is 0.231. The molecular weight excluding hydrogens is 204 g/mol. The Kier molecular flexibility index (Phi) is 2.74. The van der Waals surface area contributed by atoms with Crippen LogP contribution in [-0.2, 0) is 16.0 Å². The monoisotopic (exact) mass is 214 g/mol. The van der Waals surface area contributed by atoms with Gasteiger partial charge in [-0.15, -0.1) is 0 Å². The molecule has 0 unspecified atom stereocenters. The maximum Gasteiger partial charge on any atom is 0.384 e. The van der Waals surface area contributed by atoms with Crippen LogP contribution < -0.4 is 0 Å². The molecule has 16 heavy (non-hydrogen) atoms. The highest BCUT2D eigenvalue weighted by atomic mass is 16.5. The minimum atomic E-state index is -0.568. The number of hydrogen-bond donors (Lipinski definition) is 0. The lowest BCUT2D eigenvalue weighted by atomic mass is 10.0. The maximum absolute atomic E-state index is 11.5. The second kappa shape index (κ2) is 4.19. The summed E-state index contributed by atoms with van der Waals surface area (Å²) >= 11 is 0. The number of carbonyl (C=O) groups is 2. The van der Waals surface area contributed by atoms with Gasteiger partial charge in [-0.05, 0) is 18.1 Å². The summed E-state index contributed by atoms with van der Waals surface area (Å²) in [6.45, 7) is 0. The number of hydrogen-bond acceptors (Lipinski definition) is 3. The molecule has 2 rings (SSSR count). The molecule has 80 valence electrons. The van der Waals surface area contributed by atoms with Crippen LogP contribution in [0, 0.1) is 11.8 Å². The van der Waals surface area contributed by atoms with Crippen molar-refractivity contribution in [3.05, 3.63) is 34.9 Å². The van der Waals surface area contributed by atoms with Gasteiger partial charge in [-0.2, -0.15) is 0 Å². The molecular formula is C13H10O3. The van der Waals surface area contributed by atoms with Gasteiger partial charge in [-0.3, -0.25) is 4.79 Å². The molecule has 1 aliphatic carbocycles. The van der Waals surface area contributed by atoms with Gasteiger partial charge in [-0.1, -0.05) is 18.1 Å². The number of carbonyl (C=O) groups excluding carboxylic acids is 2. The van der Waals surface area contributed by atoms with Crippen LogP contribution in [0.25, 0.3) is 0 Å². The van der Waals surface area contributed by atoms with Crippen LogP contribution in [0.3, 0.4) is 0 Å². The number of ketones is 1. The lowest BCUT2D eigenvalue weighted by Crippen LogP contribution is -1.96. The normalized spacial score (nSPS) is 12.7. The van der Waals surface area contributed by atoms with Crippen LogP contribution >= 0.6 is 0 Å². The Labute approximate surface area is 93.4 Å². The van der Waals surface area contributed by atoms with Gasteiger partial charge < -0.3 is 4.74 Å². The van der Waals surface area contributed by atoms with E-state index in [2.05, 4.69) is 16.6 Å². The number of fused-ring (bicyclic) bond motifs is 1. The Morgan fingerprint density at radius 1 is 1.38 bits per heavy atom. The van der Waals surface area contributed by atoms with Crippen molar-refractivity contribution < 1.29 is 14.3 Å². The number of methoxy groups -OCH3 is 1. The van der Waals surface area contributed by atoms with E-state index in [4.69, 9.17) is 0 Å². The van der Waals surface area contributed by atoms with Crippen molar-refractivity contribution in [2.24, 2.45) is 0 Å². The zero-order chi connectivity index (χ0) is 11.5. The molecule has 0 aromatic heterocycles. The van der Waals surface area contributed by atoms with E-state index in [1.54, 1.807) is 12.1 Å². The van der Waals surface area contributed by atoms with Gasteiger partial charge in [0.15, 0.2) is 5.78 Å². The first-order valence-corrected chi connectivity index (χ1v) is 4.97. The number of esters is 1. The topological polar surface area (TPSA) is 43.4 Å². The van der Waals surface area contributed by atoms with Crippen LogP contribution in [0.15, 0.2) is 18.2 Å². The van der Waals surface area contributed by atoms with E-state index in [1.807, 2.05) is 6.07 Å². The SMILES string of the molecule is COC(=O)C#Cc1cccc2c1CCC2=O. The first kappa shape index (κ1) is 10.4. The molecule has 0 amide bonds. The Balaban J connectivity index is 2.39. The standard InChI is InChI=1S/C13H10O3/c1-16-13(15)8-5-9-3-2-4-11-10(9)6-7-12(11)14/h2-4H,6-7H2,1H3. The van der Waals surface area contributed by atoms with E-state index in [9.17, 15) is 9.59 Å².